The summed E-state index contributed by atoms with van der Waals surface area (Å²) in [6.45, 7) is 10.5. The van der Waals surface area contributed by atoms with E-state index in [0.717, 1.165) is 17.4 Å². The highest BCUT2D eigenvalue weighted by atomic mass is 32.2. The van der Waals surface area contributed by atoms with Crippen LogP contribution in [0.4, 0.5) is 16.4 Å². The van der Waals surface area contributed by atoms with Crippen LogP contribution in [0.2, 0.25) is 0 Å². The molecule has 38 heavy (non-hydrogen) atoms. The molecule has 0 atom stereocenters. The molecule has 206 valence electrons. The molecule has 0 saturated carbocycles. The van der Waals surface area contributed by atoms with Crippen LogP contribution >= 0.6 is 0 Å². The Morgan fingerprint density at radius 3 is 2.45 bits per heavy atom. The number of hydroxylamine groups is 2. The molecular formula is C25H35N7O5S. The van der Waals surface area contributed by atoms with Crippen molar-refractivity contribution in [1.29, 1.82) is 0 Å². The number of rotatable bonds is 6. The standard InChI is InChI=1S/C25H35N7O5S/c1-17(2)19-16-27-31-21(19)28-23(38(6,35)36)29-22(31)26-15-18-9-7-8-10-20(18)32(34)13-11-30(12-14-32)24(33)37-25(3,4)5/h7-10,16-17H,11-15H2,1-6H3,(H,26,28,29). The molecule has 0 bridgehead atoms. The molecule has 0 unspecified atom stereocenters. The SMILES string of the molecule is CC(C)c1cnn2c(NCc3ccccc3[N+]3([O-])CCN(C(=O)OC(C)(C)C)CC3)nc(S(C)(=O)=O)nc12. The first kappa shape index (κ1) is 27.7. The summed E-state index contributed by atoms with van der Waals surface area (Å²) >= 11 is 0. The first-order valence-corrected chi connectivity index (χ1v) is 14.4. The molecule has 3 heterocycles. The number of fused-ring (bicyclic) bond motifs is 1. The van der Waals surface area contributed by atoms with Gasteiger partial charge in [-0.05, 0) is 32.8 Å². The lowest BCUT2D eigenvalue weighted by atomic mass is 10.1. The van der Waals surface area contributed by atoms with Crippen LogP contribution in [0.3, 0.4) is 0 Å². The van der Waals surface area contributed by atoms with Gasteiger partial charge in [0.25, 0.3) is 5.16 Å². The lowest BCUT2D eigenvalue weighted by Gasteiger charge is -2.48. The highest BCUT2D eigenvalue weighted by Gasteiger charge is 2.33. The van der Waals surface area contributed by atoms with Gasteiger partial charge in [0.15, 0.2) is 5.65 Å². The van der Waals surface area contributed by atoms with Crippen molar-refractivity contribution >= 4 is 33.2 Å². The summed E-state index contributed by atoms with van der Waals surface area (Å²) in [6.07, 6.45) is 2.29. The molecular weight excluding hydrogens is 510 g/mol. The van der Waals surface area contributed by atoms with E-state index in [1.165, 1.54) is 4.52 Å². The molecule has 0 spiro atoms. The number of hydrogen-bond acceptors (Lipinski definition) is 9. The molecule has 1 aromatic carbocycles. The zero-order valence-electron chi connectivity index (χ0n) is 22.6. The lowest BCUT2D eigenvalue weighted by molar-refractivity contribution is 0.0180. The highest BCUT2D eigenvalue weighted by molar-refractivity contribution is 7.90. The van der Waals surface area contributed by atoms with Crippen molar-refractivity contribution in [2.75, 3.05) is 37.8 Å². The van der Waals surface area contributed by atoms with Gasteiger partial charge in [-0.25, -0.2) is 13.2 Å². The second-order valence-electron chi connectivity index (χ2n) is 10.9. The van der Waals surface area contributed by atoms with Gasteiger partial charge in [0.1, 0.15) is 24.4 Å². The number of anilines is 1. The Balaban J connectivity index is 1.58. The number of hydrogen-bond donors (Lipinski definition) is 1. The van der Waals surface area contributed by atoms with E-state index in [1.54, 1.807) is 17.2 Å². The molecule has 1 N–H and O–H groups in total. The molecule has 13 heteroatoms. The maximum absolute atomic E-state index is 13.9. The minimum absolute atomic E-state index is 0.0764. The van der Waals surface area contributed by atoms with Crippen molar-refractivity contribution in [3.8, 4) is 0 Å². The Morgan fingerprint density at radius 1 is 1.18 bits per heavy atom. The van der Waals surface area contributed by atoms with Gasteiger partial charge < -0.3 is 19.9 Å². The first-order valence-electron chi connectivity index (χ1n) is 12.5. The highest BCUT2D eigenvalue weighted by Crippen LogP contribution is 2.30. The molecule has 1 saturated heterocycles. The van der Waals surface area contributed by atoms with Gasteiger partial charge in [0, 0.05) is 23.9 Å². The summed E-state index contributed by atoms with van der Waals surface area (Å²) in [7, 11) is -3.68. The van der Waals surface area contributed by atoms with E-state index in [4.69, 9.17) is 4.74 Å². The topological polar surface area (TPSA) is 142 Å². The number of carbonyl (C=O) groups is 1. The number of sulfone groups is 1. The number of nitrogens with zero attached hydrogens (tertiary/aromatic N) is 6. The number of nitrogens with one attached hydrogen (secondary N) is 1. The van der Waals surface area contributed by atoms with Crippen molar-refractivity contribution in [3.63, 3.8) is 0 Å². The molecule has 1 fully saturated rings. The maximum atomic E-state index is 13.9. The van der Waals surface area contributed by atoms with Crippen molar-refractivity contribution in [2.45, 2.75) is 57.8 Å². The molecule has 2 aromatic heterocycles. The van der Waals surface area contributed by atoms with E-state index < -0.39 is 26.2 Å². The van der Waals surface area contributed by atoms with Crippen molar-refractivity contribution in [3.05, 3.63) is 46.8 Å². The van der Waals surface area contributed by atoms with E-state index in [2.05, 4.69) is 20.4 Å². The molecule has 12 nitrogen and oxygen atoms in total. The van der Waals surface area contributed by atoms with Crippen LogP contribution in [0.25, 0.3) is 5.65 Å². The smallest absolute Gasteiger partial charge is 0.410 e. The number of amides is 1. The Labute approximate surface area is 222 Å². The summed E-state index contributed by atoms with van der Waals surface area (Å²) in [5.41, 5.74) is 1.91. The molecule has 0 aliphatic carbocycles. The Bertz CT molecular complexity index is 1440. The van der Waals surface area contributed by atoms with Gasteiger partial charge in [0.2, 0.25) is 15.8 Å². The van der Waals surface area contributed by atoms with Gasteiger partial charge in [-0.15, -0.1) is 0 Å². The van der Waals surface area contributed by atoms with Crippen LogP contribution in [0.15, 0.2) is 35.6 Å². The minimum Gasteiger partial charge on any atom is -0.627 e. The number of para-hydroxylation sites is 1. The molecule has 4 rings (SSSR count). The van der Waals surface area contributed by atoms with Crippen molar-refractivity contribution < 1.29 is 17.9 Å². The minimum atomic E-state index is -3.68. The lowest BCUT2D eigenvalue weighted by Crippen LogP contribution is -2.59. The summed E-state index contributed by atoms with van der Waals surface area (Å²) in [5.74, 6) is 0.289. The van der Waals surface area contributed by atoms with Gasteiger partial charge in [0.05, 0.1) is 19.3 Å². The van der Waals surface area contributed by atoms with Crippen LogP contribution < -0.4 is 9.96 Å². The number of piperazine rings is 1. The van der Waals surface area contributed by atoms with Gasteiger partial charge in [-0.3, -0.25) is 4.90 Å². The average molecular weight is 546 g/mol. The van der Waals surface area contributed by atoms with Crippen LogP contribution in [-0.4, -0.2) is 77.0 Å². The molecule has 1 aliphatic rings. The van der Waals surface area contributed by atoms with Gasteiger partial charge in [-0.1, -0.05) is 32.0 Å². The van der Waals surface area contributed by atoms with Crippen molar-refractivity contribution in [2.24, 2.45) is 0 Å². The zero-order valence-corrected chi connectivity index (χ0v) is 23.4. The molecule has 1 amide bonds. The van der Waals surface area contributed by atoms with E-state index >= 15 is 0 Å². The summed E-state index contributed by atoms with van der Waals surface area (Å²) in [5, 5.41) is 21.1. The molecule has 1 aliphatic heterocycles. The third kappa shape index (κ3) is 5.89. The monoisotopic (exact) mass is 545 g/mol. The first-order chi connectivity index (χ1) is 17.7. The summed E-state index contributed by atoms with van der Waals surface area (Å²) in [4.78, 5) is 22.5. The predicted molar refractivity (Wildman–Crippen MR) is 144 cm³/mol. The Kier molecular flexibility index (Phi) is 7.38. The fraction of sp³-hybridized carbons (Fsp3) is 0.520. The number of aromatic nitrogens is 4. The quantitative estimate of drug-likeness (QED) is 0.364. The van der Waals surface area contributed by atoms with E-state index in [0.29, 0.717) is 11.3 Å². The van der Waals surface area contributed by atoms with Crippen LogP contribution in [0.5, 0.6) is 0 Å². The summed E-state index contributed by atoms with van der Waals surface area (Å²) < 4.78 is 30.9. The fourth-order valence-electron chi connectivity index (χ4n) is 4.33. The number of quaternary nitrogens is 1. The van der Waals surface area contributed by atoms with Crippen molar-refractivity contribution in [1.82, 2.24) is 29.1 Å². The third-order valence-corrected chi connectivity index (χ3v) is 7.16. The molecule has 0 radical (unpaired) electrons. The van der Waals surface area contributed by atoms with Crippen LogP contribution in [-0.2, 0) is 21.1 Å². The average Bonchev–Trinajstić information content (AvgIpc) is 3.26. The Morgan fingerprint density at radius 2 is 1.84 bits per heavy atom. The summed E-state index contributed by atoms with van der Waals surface area (Å²) in [6, 6.07) is 7.28. The normalized spacial score (nSPS) is 16.2. The van der Waals surface area contributed by atoms with E-state index in [-0.39, 0.29) is 49.7 Å². The zero-order chi connectivity index (χ0) is 27.9. The largest absolute Gasteiger partial charge is 0.627 e. The second-order valence-corrected chi connectivity index (χ2v) is 12.8. The number of ether oxygens (including phenoxy) is 1. The second kappa shape index (κ2) is 10.1. The number of benzene rings is 1. The van der Waals surface area contributed by atoms with Crippen LogP contribution in [0, 0.1) is 5.21 Å². The Hall–Kier alpha value is -3.29. The van der Waals surface area contributed by atoms with Gasteiger partial charge in [-0.2, -0.15) is 19.6 Å². The van der Waals surface area contributed by atoms with Gasteiger partial charge >= 0.3 is 6.09 Å². The fourth-order valence-corrected chi connectivity index (χ4v) is 4.84. The molecule has 3 aromatic rings. The predicted octanol–water partition coefficient (Wildman–Crippen LogP) is 3.32. The van der Waals surface area contributed by atoms with E-state index in [9.17, 15) is 18.4 Å². The maximum Gasteiger partial charge on any atom is 0.410 e. The van der Waals surface area contributed by atoms with E-state index in [1.807, 2.05) is 52.8 Å². The third-order valence-electron chi connectivity index (χ3n) is 6.31. The van der Waals surface area contributed by atoms with Crippen LogP contribution in [0.1, 0.15) is 51.7 Å². The number of carbonyl (C=O) groups excluding carboxylic acids is 1.